The second-order valence-electron chi connectivity index (χ2n) is 8.27. The van der Waals surface area contributed by atoms with Gasteiger partial charge < -0.3 is 15.1 Å². The lowest BCUT2D eigenvalue weighted by molar-refractivity contribution is -0.117. The topological polar surface area (TPSA) is 76.4 Å². The fourth-order valence-corrected chi connectivity index (χ4v) is 4.77. The molecule has 1 saturated carbocycles. The minimum atomic E-state index is -0.163. The molecule has 27 heavy (non-hydrogen) atoms. The Balaban J connectivity index is 1.40. The number of nitrogens with one attached hydrogen (secondary N) is 1. The highest BCUT2D eigenvalue weighted by molar-refractivity contribution is 5.96. The number of hydrogen-bond donors (Lipinski definition) is 1. The largest absolute Gasteiger partial charge is 0.335 e. The second kappa shape index (κ2) is 7.22. The van der Waals surface area contributed by atoms with E-state index in [1.807, 2.05) is 17.0 Å². The molecule has 1 spiro atoms. The highest BCUT2D eigenvalue weighted by Crippen LogP contribution is 2.42. The normalized spacial score (nSPS) is 25.8. The molecule has 6 nitrogen and oxygen atoms in total. The molecular formula is C21H26N4O2. The zero-order valence-corrected chi connectivity index (χ0v) is 15.6. The van der Waals surface area contributed by atoms with E-state index >= 15 is 0 Å². The SMILES string of the molecule is N#Cc1cccc(N2C[C@]3(CCN(C(=O)NC4CCCCC4)C3)CC2=O)c1. The molecular weight excluding hydrogens is 340 g/mol. The summed E-state index contributed by atoms with van der Waals surface area (Å²) in [5, 5.41) is 12.3. The van der Waals surface area contributed by atoms with Crippen molar-refractivity contribution in [2.75, 3.05) is 24.5 Å². The van der Waals surface area contributed by atoms with Crippen LogP contribution in [0.2, 0.25) is 0 Å². The molecule has 1 aromatic rings. The molecule has 3 amide bonds. The van der Waals surface area contributed by atoms with Gasteiger partial charge in [-0.25, -0.2) is 4.79 Å². The Bertz CT molecular complexity index is 781. The molecule has 1 aromatic carbocycles. The molecule has 6 heteroatoms. The second-order valence-corrected chi connectivity index (χ2v) is 8.27. The maximum Gasteiger partial charge on any atom is 0.317 e. The average Bonchev–Trinajstić information content (AvgIpc) is 3.25. The molecule has 0 radical (unpaired) electrons. The van der Waals surface area contributed by atoms with Crippen molar-refractivity contribution in [3.05, 3.63) is 29.8 Å². The number of nitrogens with zero attached hydrogens (tertiary/aromatic N) is 3. The van der Waals surface area contributed by atoms with E-state index < -0.39 is 0 Å². The first kappa shape index (κ1) is 17.8. The zero-order chi connectivity index (χ0) is 18.9. The number of anilines is 1. The lowest BCUT2D eigenvalue weighted by atomic mass is 9.86. The van der Waals surface area contributed by atoms with E-state index in [4.69, 9.17) is 5.26 Å². The molecule has 4 rings (SSSR count). The molecule has 2 heterocycles. The summed E-state index contributed by atoms with van der Waals surface area (Å²) in [4.78, 5) is 29.0. The molecule has 2 saturated heterocycles. The van der Waals surface area contributed by atoms with Crippen LogP contribution in [-0.4, -0.2) is 42.5 Å². The van der Waals surface area contributed by atoms with Crippen LogP contribution in [0.3, 0.4) is 0 Å². The van der Waals surface area contributed by atoms with Crippen molar-refractivity contribution in [3.8, 4) is 6.07 Å². The predicted molar refractivity (Wildman–Crippen MR) is 102 cm³/mol. The number of amides is 3. The lowest BCUT2D eigenvalue weighted by Gasteiger charge is -2.27. The molecule has 0 unspecified atom stereocenters. The van der Waals surface area contributed by atoms with Crippen molar-refractivity contribution in [1.29, 1.82) is 5.26 Å². The number of likely N-dealkylation sites (tertiary alicyclic amines) is 1. The van der Waals surface area contributed by atoms with Crippen LogP contribution in [0.5, 0.6) is 0 Å². The summed E-state index contributed by atoms with van der Waals surface area (Å²) in [5.41, 5.74) is 1.17. The van der Waals surface area contributed by atoms with Crippen LogP contribution in [0, 0.1) is 16.7 Å². The van der Waals surface area contributed by atoms with Gasteiger partial charge in [-0.05, 0) is 37.5 Å². The van der Waals surface area contributed by atoms with E-state index in [2.05, 4.69) is 11.4 Å². The van der Waals surface area contributed by atoms with Gasteiger partial charge in [0, 0.05) is 43.2 Å². The number of carbonyl (C=O) groups excluding carboxylic acids is 2. The Morgan fingerprint density at radius 2 is 2.04 bits per heavy atom. The van der Waals surface area contributed by atoms with Crippen molar-refractivity contribution in [1.82, 2.24) is 10.2 Å². The summed E-state index contributed by atoms with van der Waals surface area (Å²) >= 11 is 0. The first-order valence-electron chi connectivity index (χ1n) is 9.95. The molecule has 1 atom stereocenters. The van der Waals surface area contributed by atoms with Crippen molar-refractivity contribution >= 4 is 17.6 Å². The number of nitriles is 1. The van der Waals surface area contributed by atoms with Gasteiger partial charge >= 0.3 is 6.03 Å². The fourth-order valence-electron chi connectivity index (χ4n) is 4.77. The molecule has 2 aliphatic heterocycles. The predicted octanol–water partition coefficient (Wildman–Crippen LogP) is 3.03. The third-order valence-electron chi connectivity index (χ3n) is 6.27. The quantitative estimate of drug-likeness (QED) is 0.874. The van der Waals surface area contributed by atoms with Crippen LogP contribution in [0.15, 0.2) is 24.3 Å². The van der Waals surface area contributed by atoms with Crippen molar-refractivity contribution < 1.29 is 9.59 Å². The Morgan fingerprint density at radius 1 is 1.22 bits per heavy atom. The third-order valence-corrected chi connectivity index (χ3v) is 6.27. The summed E-state index contributed by atoms with van der Waals surface area (Å²) in [6.45, 7) is 1.96. The summed E-state index contributed by atoms with van der Waals surface area (Å²) in [6.07, 6.45) is 7.13. The van der Waals surface area contributed by atoms with Gasteiger partial charge in [-0.15, -0.1) is 0 Å². The van der Waals surface area contributed by atoms with E-state index in [-0.39, 0.29) is 17.4 Å². The Labute approximate surface area is 160 Å². The smallest absolute Gasteiger partial charge is 0.317 e. The fraction of sp³-hybridized carbons (Fsp3) is 0.571. The van der Waals surface area contributed by atoms with Gasteiger partial charge in [-0.1, -0.05) is 25.3 Å². The van der Waals surface area contributed by atoms with Gasteiger partial charge in [-0.3, -0.25) is 4.79 Å². The van der Waals surface area contributed by atoms with Crippen molar-refractivity contribution in [2.24, 2.45) is 5.41 Å². The average molecular weight is 366 g/mol. The first-order valence-corrected chi connectivity index (χ1v) is 9.95. The summed E-state index contributed by atoms with van der Waals surface area (Å²) in [6, 6.07) is 9.65. The summed E-state index contributed by atoms with van der Waals surface area (Å²) in [5.74, 6) is 0.0830. The molecule has 3 fully saturated rings. The van der Waals surface area contributed by atoms with E-state index in [1.165, 1.54) is 19.3 Å². The van der Waals surface area contributed by atoms with E-state index in [0.29, 0.717) is 37.7 Å². The van der Waals surface area contributed by atoms with Gasteiger partial charge in [0.15, 0.2) is 0 Å². The van der Waals surface area contributed by atoms with Crippen molar-refractivity contribution in [3.63, 3.8) is 0 Å². The third kappa shape index (κ3) is 3.64. The molecule has 0 aromatic heterocycles. The first-order chi connectivity index (χ1) is 13.1. The summed E-state index contributed by atoms with van der Waals surface area (Å²) in [7, 11) is 0. The summed E-state index contributed by atoms with van der Waals surface area (Å²) < 4.78 is 0. The van der Waals surface area contributed by atoms with Gasteiger partial charge in [0.05, 0.1) is 11.6 Å². The van der Waals surface area contributed by atoms with Crippen LogP contribution in [0.4, 0.5) is 10.5 Å². The van der Waals surface area contributed by atoms with E-state index in [0.717, 1.165) is 24.9 Å². The highest BCUT2D eigenvalue weighted by atomic mass is 16.2. The number of urea groups is 1. The minimum absolute atomic E-state index is 0.0242. The minimum Gasteiger partial charge on any atom is -0.335 e. The standard InChI is InChI=1S/C21H26N4O2/c22-13-16-5-4-8-18(11-16)25-15-21(12-19(25)26)9-10-24(14-21)20(27)23-17-6-2-1-3-7-17/h4-5,8,11,17H,1-3,6-7,9-10,12,14-15H2,(H,23,27)/t21-/m1/s1. The Morgan fingerprint density at radius 3 is 2.81 bits per heavy atom. The van der Waals surface area contributed by atoms with E-state index in [1.54, 1.807) is 17.0 Å². The monoisotopic (exact) mass is 366 g/mol. The molecule has 0 bridgehead atoms. The van der Waals surface area contributed by atoms with Crippen LogP contribution in [0.1, 0.15) is 50.5 Å². The van der Waals surface area contributed by atoms with Gasteiger partial charge in [0.2, 0.25) is 5.91 Å². The van der Waals surface area contributed by atoms with Crippen LogP contribution >= 0.6 is 0 Å². The van der Waals surface area contributed by atoms with Gasteiger partial charge in [-0.2, -0.15) is 5.26 Å². The number of rotatable bonds is 2. The molecule has 3 aliphatic rings. The lowest BCUT2D eigenvalue weighted by Crippen LogP contribution is -2.45. The Kier molecular flexibility index (Phi) is 4.77. The number of carbonyl (C=O) groups is 2. The van der Waals surface area contributed by atoms with Crippen LogP contribution < -0.4 is 10.2 Å². The molecule has 142 valence electrons. The maximum atomic E-state index is 12.7. The van der Waals surface area contributed by atoms with Crippen molar-refractivity contribution in [2.45, 2.75) is 51.0 Å². The van der Waals surface area contributed by atoms with Crippen LogP contribution in [-0.2, 0) is 4.79 Å². The van der Waals surface area contributed by atoms with Gasteiger partial charge in [0.25, 0.3) is 0 Å². The molecule has 1 N–H and O–H groups in total. The number of benzene rings is 1. The Hall–Kier alpha value is -2.55. The van der Waals surface area contributed by atoms with Crippen LogP contribution in [0.25, 0.3) is 0 Å². The highest BCUT2D eigenvalue weighted by Gasteiger charge is 2.49. The maximum absolute atomic E-state index is 12.7. The van der Waals surface area contributed by atoms with Gasteiger partial charge in [0.1, 0.15) is 0 Å². The number of hydrogen-bond acceptors (Lipinski definition) is 3. The van der Waals surface area contributed by atoms with E-state index in [9.17, 15) is 9.59 Å². The zero-order valence-electron chi connectivity index (χ0n) is 15.6. The molecule has 1 aliphatic carbocycles.